The summed E-state index contributed by atoms with van der Waals surface area (Å²) >= 11 is 9.88. The lowest BCUT2D eigenvalue weighted by atomic mass is 9.95. The molecule has 150 valence electrons. The topological polar surface area (TPSA) is 43.3 Å². The number of halogens is 2. The van der Waals surface area contributed by atoms with Crippen molar-refractivity contribution < 1.29 is 14.2 Å². The smallest absolute Gasteiger partial charge is 0.231 e. The van der Waals surface area contributed by atoms with Crippen LogP contribution in [-0.4, -0.2) is 17.5 Å². The number of hydrogen-bond acceptors (Lipinski definition) is 5. The second kappa shape index (κ2) is 6.93. The zero-order valence-electron chi connectivity index (χ0n) is 15.7. The van der Waals surface area contributed by atoms with E-state index >= 15 is 0 Å². The minimum Gasteiger partial charge on any atom is -0.464 e. The van der Waals surface area contributed by atoms with Crippen LogP contribution in [-0.2, 0) is 0 Å². The maximum absolute atomic E-state index is 6.39. The lowest BCUT2D eigenvalue weighted by Crippen LogP contribution is -2.33. The predicted octanol–water partition coefficient (Wildman–Crippen LogP) is 6.07. The number of ether oxygens (including phenoxy) is 3. The van der Waals surface area contributed by atoms with Crippen molar-refractivity contribution in [2.75, 3.05) is 6.79 Å². The van der Waals surface area contributed by atoms with E-state index < -0.39 is 0 Å². The molecule has 30 heavy (non-hydrogen) atoms. The summed E-state index contributed by atoms with van der Waals surface area (Å²) in [6.07, 6.45) is 0.425. The third-order valence-electron chi connectivity index (χ3n) is 5.59. The molecule has 0 N–H and O–H groups in total. The van der Waals surface area contributed by atoms with Crippen molar-refractivity contribution >= 4 is 33.2 Å². The Labute approximate surface area is 186 Å². The van der Waals surface area contributed by atoms with Crippen LogP contribution in [0, 0.1) is 0 Å². The molecular weight excluding hydrogens is 468 g/mol. The van der Waals surface area contributed by atoms with Gasteiger partial charge in [-0.2, -0.15) is 5.10 Å². The fourth-order valence-electron chi connectivity index (χ4n) is 4.19. The van der Waals surface area contributed by atoms with E-state index in [1.165, 1.54) is 0 Å². The van der Waals surface area contributed by atoms with E-state index in [0.717, 1.165) is 50.5 Å². The molecule has 0 fully saturated rings. The minimum atomic E-state index is -0.326. The first-order valence-electron chi connectivity index (χ1n) is 9.63. The average Bonchev–Trinajstić information content (AvgIpc) is 3.40. The molecule has 3 aromatic carbocycles. The molecule has 0 radical (unpaired) electrons. The first kappa shape index (κ1) is 18.1. The van der Waals surface area contributed by atoms with Crippen LogP contribution in [0.4, 0.5) is 0 Å². The Morgan fingerprint density at radius 2 is 1.83 bits per heavy atom. The fourth-order valence-corrected chi connectivity index (χ4v) is 4.79. The van der Waals surface area contributed by atoms with E-state index in [4.69, 9.17) is 30.9 Å². The summed E-state index contributed by atoms with van der Waals surface area (Å²) in [4.78, 5) is 0. The number of hydrazone groups is 1. The molecule has 2 atom stereocenters. The summed E-state index contributed by atoms with van der Waals surface area (Å²) in [5.74, 6) is 2.36. The van der Waals surface area contributed by atoms with Gasteiger partial charge in [0.15, 0.2) is 11.5 Å². The van der Waals surface area contributed by atoms with Gasteiger partial charge in [0.1, 0.15) is 5.75 Å². The molecule has 0 saturated heterocycles. The zero-order chi connectivity index (χ0) is 20.2. The van der Waals surface area contributed by atoms with Gasteiger partial charge in [0, 0.05) is 32.6 Å². The standard InChI is InChI=1S/C23H16BrClN2O3/c24-15-3-1-2-14(8-15)23-27-19(17-10-16(25)5-7-20(17)30-23)11-18(26-27)13-4-6-21-22(9-13)29-12-28-21/h1-10,19,23H,11-12H2/t19-,23+/m1/s1. The Bertz CT molecular complexity index is 1200. The average molecular weight is 484 g/mol. The van der Waals surface area contributed by atoms with Crippen LogP contribution in [0.1, 0.15) is 35.4 Å². The normalized spacial score (nSPS) is 21.0. The van der Waals surface area contributed by atoms with Gasteiger partial charge in [-0.3, -0.25) is 0 Å². The van der Waals surface area contributed by atoms with E-state index in [2.05, 4.69) is 28.1 Å². The Morgan fingerprint density at radius 1 is 0.967 bits per heavy atom. The van der Waals surface area contributed by atoms with Crippen LogP contribution in [0.3, 0.4) is 0 Å². The molecule has 0 aromatic heterocycles. The first-order valence-corrected chi connectivity index (χ1v) is 10.8. The summed E-state index contributed by atoms with van der Waals surface area (Å²) in [6, 6.07) is 19.9. The van der Waals surface area contributed by atoms with Crippen LogP contribution in [0.5, 0.6) is 17.2 Å². The van der Waals surface area contributed by atoms with E-state index in [9.17, 15) is 0 Å². The quantitative estimate of drug-likeness (QED) is 0.443. The van der Waals surface area contributed by atoms with E-state index in [-0.39, 0.29) is 19.1 Å². The van der Waals surface area contributed by atoms with Gasteiger partial charge < -0.3 is 14.2 Å². The zero-order valence-corrected chi connectivity index (χ0v) is 18.1. The highest BCUT2D eigenvalue weighted by Gasteiger charge is 2.41. The van der Waals surface area contributed by atoms with Crippen molar-refractivity contribution in [1.82, 2.24) is 5.01 Å². The molecule has 3 heterocycles. The van der Waals surface area contributed by atoms with Crippen molar-refractivity contribution in [3.8, 4) is 17.2 Å². The van der Waals surface area contributed by atoms with Crippen molar-refractivity contribution in [3.63, 3.8) is 0 Å². The lowest BCUT2D eigenvalue weighted by Gasteiger charge is -2.38. The van der Waals surface area contributed by atoms with Crippen LogP contribution in [0.2, 0.25) is 5.02 Å². The van der Waals surface area contributed by atoms with Crippen LogP contribution >= 0.6 is 27.5 Å². The summed E-state index contributed by atoms with van der Waals surface area (Å²) in [5, 5.41) is 7.72. The van der Waals surface area contributed by atoms with Crippen molar-refractivity contribution in [2.45, 2.75) is 18.7 Å². The van der Waals surface area contributed by atoms with Crippen molar-refractivity contribution in [3.05, 3.63) is 86.8 Å². The molecule has 7 heteroatoms. The monoisotopic (exact) mass is 482 g/mol. The predicted molar refractivity (Wildman–Crippen MR) is 117 cm³/mol. The molecule has 0 spiro atoms. The number of benzene rings is 3. The molecule has 0 unspecified atom stereocenters. The van der Waals surface area contributed by atoms with Crippen LogP contribution in [0.15, 0.2) is 70.2 Å². The number of fused-ring (bicyclic) bond motifs is 4. The van der Waals surface area contributed by atoms with Gasteiger partial charge in [0.2, 0.25) is 13.0 Å². The van der Waals surface area contributed by atoms with Gasteiger partial charge in [-0.15, -0.1) is 0 Å². The second-order valence-corrected chi connectivity index (χ2v) is 8.77. The molecule has 6 rings (SSSR count). The Kier molecular flexibility index (Phi) is 4.18. The number of nitrogens with zero attached hydrogens (tertiary/aromatic N) is 2. The summed E-state index contributed by atoms with van der Waals surface area (Å²) in [5.41, 5.74) is 4.08. The Hall–Kier alpha value is -2.70. The molecule has 0 bridgehead atoms. The molecule has 0 aliphatic carbocycles. The molecular formula is C23H16BrClN2O3. The molecule has 5 nitrogen and oxygen atoms in total. The molecule has 3 aromatic rings. The highest BCUT2D eigenvalue weighted by Crippen LogP contribution is 2.48. The largest absolute Gasteiger partial charge is 0.464 e. The van der Waals surface area contributed by atoms with Crippen LogP contribution in [0.25, 0.3) is 0 Å². The van der Waals surface area contributed by atoms with Gasteiger partial charge in [-0.25, -0.2) is 5.01 Å². The molecule has 0 saturated carbocycles. The lowest BCUT2D eigenvalue weighted by molar-refractivity contribution is -0.0190. The van der Waals surface area contributed by atoms with Crippen molar-refractivity contribution in [1.29, 1.82) is 0 Å². The van der Waals surface area contributed by atoms with Crippen LogP contribution < -0.4 is 14.2 Å². The maximum atomic E-state index is 6.39. The molecule has 0 amide bonds. The third-order valence-corrected chi connectivity index (χ3v) is 6.32. The van der Waals surface area contributed by atoms with E-state index in [1.807, 2.05) is 53.5 Å². The molecule has 3 aliphatic heterocycles. The van der Waals surface area contributed by atoms with Gasteiger partial charge in [0.05, 0.1) is 11.8 Å². The highest BCUT2D eigenvalue weighted by atomic mass is 79.9. The van der Waals surface area contributed by atoms with Gasteiger partial charge in [-0.1, -0.05) is 39.7 Å². The van der Waals surface area contributed by atoms with E-state index in [1.54, 1.807) is 0 Å². The van der Waals surface area contributed by atoms with Gasteiger partial charge in [-0.05, 0) is 48.5 Å². The summed E-state index contributed by atoms with van der Waals surface area (Å²) in [6.45, 7) is 0.255. The SMILES string of the molecule is Clc1ccc2c(c1)[C@H]1CC(c3ccc4c(c3)OCO4)=NN1[C@H](c1cccc(Br)c1)O2. The van der Waals surface area contributed by atoms with Gasteiger partial charge in [0.25, 0.3) is 0 Å². The second-order valence-electron chi connectivity index (χ2n) is 7.42. The first-order chi connectivity index (χ1) is 14.7. The fraction of sp³-hybridized carbons (Fsp3) is 0.174. The minimum absolute atomic E-state index is 0.0388. The summed E-state index contributed by atoms with van der Waals surface area (Å²) < 4.78 is 18.4. The van der Waals surface area contributed by atoms with Crippen molar-refractivity contribution in [2.24, 2.45) is 5.10 Å². The Morgan fingerprint density at radius 3 is 2.73 bits per heavy atom. The maximum Gasteiger partial charge on any atom is 0.231 e. The third kappa shape index (κ3) is 2.94. The Balaban J connectivity index is 1.44. The summed E-state index contributed by atoms with van der Waals surface area (Å²) in [7, 11) is 0. The van der Waals surface area contributed by atoms with E-state index in [0.29, 0.717) is 5.02 Å². The number of hydrogen-bond donors (Lipinski definition) is 0. The highest BCUT2D eigenvalue weighted by molar-refractivity contribution is 9.10. The number of rotatable bonds is 2. The van der Waals surface area contributed by atoms with Gasteiger partial charge >= 0.3 is 0 Å². The molecule has 3 aliphatic rings.